The first-order valence-corrected chi connectivity index (χ1v) is 40.2. The van der Waals surface area contributed by atoms with Crippen molar-refractivity contribution in [2.24, 2.45) is 0 Å². The Morgan fingerprint density at radius 2 is 0.729 bits per heavy atom. The molecule has 0 radical (unpaired) electrons. The lowest BCUT2D eigenvalue weighted by Crippen LogP contribution is -2.65. The molecule has 2 rings (SSSR count). The van der Waals surface area contributed by atoms with Gasteiger partial charge in [0.2, 0.25) is 5.91 Å². The molecule has 2 fully saturated rings. The van der Waals surface area contributed by atoms with Crippen LogP contribution in [0.25, 0.3) is 0 Å². The largest absolute Gasteiger partial charge is 0.394 e. The summed E-state index contributed by atoms with van der Waals surface area (Å²) in [5, 5.41) is 87.7. The highest BCUT2D eigenvalue weighted by molar-refractivity contribution is 5.76. The summed E-state index contributed by atoms with van der Waals surface area (Å²) in [5.41, 5.74) is 0. The van der Waals surface area contributed by atoms with Crippen LogP contribution >= 0.6 is 0 Å². The van der Waals surface area contributed by atoms with Crippen molar-refractivity contribution in [1.82, 2.24) is 5.32 Å². The number of allylic oxidation sites excluding steroid dienone is 11. The summed E-state index contributed by atoms with van der Waals surface area (Å²) in [4.78, 5) is 13.4. The van der Waals surface area contributed by atoms with Crippen molar-refractivity contribution < 1.29 is 64.6 Å². The van der Waals surface area contributed by atoms with Crippen molar-refractivity contribution in [3.05, 3.63) is 72.9 Å². The van der Waals surface area contributed by atoms with Gasteiger partial charge < -0.3 is 65.1 Å². The van der Waals surface area contributed by atoms with Gasteiger partial charge in [0, 0.05) is 6.42 Å². The zero-order valence-corrected chi connectivity index (χ0v) is 61.4. The first kappa shape index (κ1) is 89.5. The summed E-state index contributed by atoms with van der Waals surface area (Å²) in [6.07, 6.45) is 74.2. The minimum absolute atomic E-state index is 0.244. The fourth-order valence-electron chi connectivity index (χ4n) is 13.1. The highest BCUT2D eigenvalue weighted by Crippen LogP contribution is 2.30. The van der Waals surface area contributed by atoms with E-state index in [1.807, 2.05) is 6.08 Å². The fourth-order valence-corrected chi connectivity index (χ4v) is 13.1. The number of carbonyl (C=O) groups is 1. The Bertz CT molecular complexity index is 1890. The highest BCUT2D eigenvalue weighted by Gasteiger charge is 2.51. The molecule has 0 bridgehead atoms. The van der Waals surface area contributed by atoms with E-state index < -0.39 is 86.8 Å². The van der Waals surface area contributed by atoms with Crippen LogP contribution < -0.4 is 5.32 Å². The van der Waals surface area contributed by atoms with Gasteiger partial charge in [-0.3, -0.25) is 4.79 Å². The number of hydrogen-bond acceptors (Lipinski definition) is 13. The van der Waals surface area contributed by atoms with Gasteiger partial charge in [-0.25, -0.2) is 0 Å². The van der Waals surface area contributed by atoms with Gasteiger partial charge in [-0.15, -0.1) is 0 Å². The maximum Gasteiger partial charge on any atom is 0.220 e. The van der Waals surface area contributed by atoms with Crippen molar-refractivity contribution in [3.8, 4) is 0 Å². The van der Waals surface area contributed by atoms with E-state index in [9.17, 15) is 45.6 Å². The molecule has 12 unspecified atom stereocenters. The van der Waals surface area contributed by atoms with E-state index in [0.717, 1.165) is 57.8 Å². The molecule has 0 aromatic carbocycles. The van der Waals surface area contributed by atoms with Crippen LogP contribution in [-0.4, -0.2) is 140 Å². The van der Waals surface area contributed by atoms with E-state index >= 15 is 0 Å². The summed E-state index contributed by atoms with van der Waals surface area (Å²) in [6, 6.07) is -0.934. The Labute approximate surface area is 587 Å². The Hall–Kier alpha value is -2.57. The highest BCUT2D eigenvalue weighted by atomic mass is 16.7. The number of ether oxygens (including phenoxy) is 4. The molecule has 1 amide bonds. The summed E-state index contributed by atoms with van der Waals surface area (Å²) in [6.45, 7) is 2.72. The Morgan fingerprint density at radius 1 is 0.385 bits per heavy atom. The van der Waals surface area contributed by atoms with Crippen molar-refractivity contribution in [1.29, 1.82) is 0 Å². The number of hydrogen-bond donors (Lipinski definition) is 9. The fraction of sp³-hybridized carbons (Fsp3) is 0.841. The minimum atomic E-state index is -1.79. The predicted molar refractivity (Wildman–Crippen MR) is 397 cm³/mol. The number of rotatable bonds is 67. The monoisotopic (exact) mass is 1360 g/mol. The van der Waals surface area contributed by atoms with Crippen LogP contribution in [0.15, 0.2) is 72.9 Å². The lowest BCUT2D eigenvalue weighted by atomic mass is 9.97. The molecule has 9 N–H and O–H groups in total. The first-order chi connectivity index (χ1) is 47.1. The van der Waals surface area contributed by atoms with Crippen LogP contribution in [0.1, 0.15) is 348 Å². The Balaban J connectivity index is 1.62. The second-order valence-electron chi connectivity index (χ2n) is 28.2. The molecule has 2 aliphatic heterocycles. The maximum atomic E-state index is 13.4. The van der Waals surface area contributed by atoms with Gasteiger partial charge in [0.25, 0.3) is 0 Å². The van der Waals surface area contributed by atoms with E-state index in [0.29, 0.717) is 12.8 Å². The summed E-state index contributed by atoms with van der Waals surface area (Å²) >= 11 is 0. The molecular weight excluding hydrogens is 1210 g/mol. The standard InChI is InChI=1S/C82H149NO13/c1-3-5-7-9-11-13-15-17-19-21-23-25-27-29-31-32-33-34-35-36-37-38-40-42-44-46-48-50-52-54-56-58-60-62-64-66-74(87)83-70(69-93-81-79(92)77(90)80(73(68-85)95-81)96-82-78(91)76(89)75(88)72(67-84)94-82)71(86)65-63-61-59-57-55-53-51-49-47-45-43-41-39-30-28-26-24-22-20-18-16-14-12-10-8-6-4-2/h5,7,11,13,17,19,23,25,55,57,63,65,70-73,75-82,84-86,88-92H,3-4,6,8-10,12,14-16,18,20-22,24,26-54,56,58-62,64,66-69H2,1-2H3,(H,83,87)/b7-5-,13-11-,19-17-,25-23-,57-55+,65-63+. The number of aliphatic hydroxyl groups excluding tert-OH is 8. The second-order valence-corrected chi connectivity index (χ2v) is 28.2. The molecule has 0 saturated carbocycles. The summed E-state index contributed by atoms with van der Waals surface area (Å²) < 4.78 is 22.9. The molecule has 0 aromatic rings. The van der Waals surface area contributed by atoms with Gasteiger partial charge in [0.15, 0.2) is 12.6 Å². The normalized spacial score (nSPS) is 22.6. The van der Waals surface area contributed by atoms with Crippen LogP contribution in [0.4, 0.5) is 0 Å². The molecule has 14 nitrogen and oxygen atoms in total. The number of unbranched alkanes of at least 4 members (excludes halogenated alkanes) is 44. The van der Waals surface area contributed by atoms with Gasteiger partial charge in [0.1, 0.15) is 48.8 Å². The van der Waals surface area contributed by atoms with Crippen molar-refractivity contribution >= 4 is 5.91 Å². The van der Waals surface area contributed by atoms with E-state index in [4.69, 9.17) is 18.9 Å². The molecule has 560 valence electrons. The number of carbonyl (C=O) groups excluding carboxylic acids is 1. The number of aliphatic hydroxyl groups is 8. The van der Waals surface area contributed by atoms with E-state index in [2.05, 4.69) is 79.9 Å². The van der Waals surface area contributed by atoms with E-state index in [-0.39, 0.29) is 18.9 Å². The first-order valence-electron chi connectivity index (χ1n) is 40.2. The summed E-state index contributed by atoms with van der Waals surface area (Å²) in [7, 11) is 0. The van der Waals surface area contributed by atoms with Gasteiger partial charge in [-0.05, 0) is 70.6 Å². The molecule has 96 heavy (non-hydrogen) atoms. The molecule has 14 heteroatoms. The number of amides is 1. The molecule has 2 aliphatic rings. The van der Waals surface area contributed by atoms with Gasteiger partial charge in [-0.2, -0.15) is 0 Å². The Morgan fingerprint density at radius 3 is 1.15 bits per heavy atom. The summed E-state index contributed by atoms with van der Waals surface area (Å²) in [5.74, 6) is -0.244. The van der Waals surface area contributed by atoms with Gasteiger partial charge in [-0.1, -0.05) is 344 Å². The third-order valence-corrected chi connectivity index (χ3v) is 19.4. The van der Waals surface area contributed by atoms with Crippen LogP contribution in [0.2, 0.25) is 0 Å². The lowest BCUT2D eigenvalue weighted by Gasteiger charge is -2.46. The van der Waals surface area contributed by atoms with Crippen LogP contribution in [-0.2, 0) is 23.7 Å². The predicted octanol–water partition coefficient (Wildman–Crippen LogP) is 18.1. The third kappa shape index (κ3) is 48.3. The lowest BCUT2D eigenvalue weighted by molar-refractivity contribution is -0.359. The third-order valence-electron chi connectivity index (χ3n) is 19.4. The van der Waals surface area contributed by atoms with Crippen LogP contribution in [0.3, 0.4) is 0 Å². The zero-order chi connectivity index (χ0) is 69.4. The quantitative estimate of drug-likeness (QED) is 0.0204. The average Bonchev–Trinajstić information content (AvgIpc) is 0.797. The van der Waals surface area contributed by atoms with Gasteiger partial charge >= 0.3 is 0 Å². The number of nitrogens with one attached hydrogen (secondary N) is 1. The van der Waals surface area contributed by atoms with Crippen LogP contribution in [0, 0.1) is 0 Å². The molecule has 2 heterocycles. The maximum absolute atomic E-state index is 13.4. The molecule has 0 aliphatic carbocycles. The molecule has 12 atom stereocenters. The van der Waals surface area contributed by atoms with Crippen molar-refractivity contribution in [3.63, 3.8) is 0 Å². The smallest absolute Gasteiger partial charge is 0.220 e. The minimum Gasteiger partial charge on any atom is -0.394 e. The zero-order valence-electron chi connectivity index (χ0n) is 61.4. The van der Waals surface area contributed by atoms with Crippen molar-refractivity contribution in [2.45, 2.75) is 421 Å². The molecule has 0 aromatic heterocycles. The second kappa shape index (κ2) is 65.7. The molecular formula is C82H149NO13. The molecule has 2 saturated heterocycles. The van der Waals surface area contributed by atoms with E-state index in [1.165, 1.54) is 257 Å². The topological polar surface area (TPSA) is 228 Å². The molecule has 0 spiro atoms. The average molecular weight is 1360 g/mol. The Kier molecular flexibility index (Phi) is 61.3. The van der Waals surface area contributed by atoms with Crippen molar-refractivity contribution in [2.75, 3.05) is 19.8 Å². The van der Waals surface area contributed by atoms with Crippen LogP contribution in [0.5, 0.6) is 0 Å². The SMILES string of the molecule is CC/C=C\C/C=C\C/C=C\C/C=C\CCCCCCCCCCCCCCCCCCCCCCCCC(=O)NC(COC1OC(CO)C(OC2OC(CO)C(O)C(O)C2O)C(O)C1O)C(O)/C=C/CC/C=C/CCCCCCCCCCCCCCCCCCCCCCC. The van der Waals surface area contributed by atoms with Gasteiger partial charge in [0.05, 0.1) is 32.0 Å². The van der Waals surface area contributed by atoms with E-state index in [1.54, 1.807) is 6.08 Å².